The van der Waals surface area contributed by atoms with Gasteiger partial charge in [-0.1, -0.05) is 6.07 Å². The fraction of sp³-hybridized carbons (Fsp3) is 0.381. The van der Waals surface area contributed by atoms with Crippen LogP contribution in [0.4, 0.5) is 10.1 Å². The van der Waals surface area contributed by atoms with Crippen molar-refractivity contribution in [1.82, 2.24) is 9.29 Å². The Kier molecular flexibility index (Phi) is 5.76. The SMILES string of the molecule is CN1C(N)=N[C@@]2(CCCc3ccc(NC(=O)c4ccc(OCCF)cn4)cc32)CS1(=O)=O. The lowest BCUT2D eigenvalue weighted by atomic mass is 9.77. The number of ether oxygens (including phenoxy) is 1. The summed E-state index contributed by atoms with van der Waals surface area (Å²) in [6, 6.07) is 8.44. The molecule has 1 aromatic heterocycles. The fourth-order valence-electron chi connectivity index (χ4n) is 4.09. The van der Waals surface area contributed by atoms with Crippen molar-refractivity contribution in [2.75, 3.05) is 31.4 Å². The number of nitrogens with zero attached hydrogens (tertiary/aromatic N) is 3. The van der Waals surface area contributed by atoms with Crippen molar-refractivity contribution >= 4 is 27.6 Å². The average Bonchev–Trinajstić information content (AvgIpc) is 2.77. The van der Waals surface area contributed by atoms with E-state index in [1.165, 1.54) is 19.3 Å². The van der Waals surface area contributed by atoms with Crippen LogP contribution in [0, 0.1) is 0 Å². The minimum Gasteiger partial charge on any atom is -0.489 e. The zero-order valence-corrected chi connectivity index (χ0v) is 18.4. The Morgan fingerprint density at radius 3 is 2.84 bits per heavy atom. The Morgan fingerprint density at radius 2 is 2.16 bits per heavy atom. The molecule has 1 aliphatic heterocycles. The molecule has 3 N–H and O–H groups in total. The van der Waals surface area contributed by atoms with Crippen LogP contribution in [-0.2, 0) is 22.0 Å². The first kappa shape index (κ1) is 22.0. The highest BCUT2D eigenvalue weighted by atomic mass is 32.2. The van der Waals surface area contributed by atoms with E-state index in [1.54, 1.807) is 18.2 Å². The van der Waals surface area contributed by atoms with Crippen LogP contribution in [0.5, 0.6) is 5.75 Å². The van der Waals surface area contributed by atoms with E-state index >= 15 is 0 Å². The molecule has 0 bridgehead atoms. The number of carbonyl (C=O) groups is 1. The van der Waals surface area contributed by atoms with Crippen molar-refractivity contribution in [1.29, 1.82) is 0 Å². The number of rotatable bonds is 5. The molecule has 0 radical (unpaired) electrons. The van der Waals surface area contributed by atoms with E-state index in [4.69, 9.17) is 10.5 Å². The maximum absolute atomic E-state index is 12.7. The maximum atomic E-state index is 12.7. The van der Waals surface area contributed by atoms with Crippen LogP contribution >= 0.6 is 0 Å². The van der Waals surface area contributed by atoms with E-state index in [2.05, 4.69) is 15.3 Å². The smallest absolute Gasteiger partial charge is 0.274 e. The lowest BCUT2D eigenvalue weighted by Crippen LogP contribution is -2.52. The lowest BCUT2D eigenvalue weighted by Gasteiger charge is -2.40. The Balaban J connectivity index is 1.61. The molecule has 1 aliphatic carbocycles. The summed E-state index contributed by atoms with van der Waals surface area (Å²) in [5.74, 6) is -0.290. The highest BCUT2D eigenvalue weighted by Crippen LogP contribution is 2.43. The van der Waals surface area contributed by atoms with Gasteiger partial charge in [-0.3, -0.25) is 4.79 Å². The number of pyridine rings is 1. The third-order valence-electron chi connectivity index (χ3n) is 5.71. The Labute approximate surface area is 185 Å². The summed E-state index contributed by atoms with van der Waals surface area (Å²) < 4.78 is 43.7. The number of alkyl halides is 1. The van der Waals surface area contributed by atoms with Gasteiger partial charge in [0.1, 0.15) is 30.3 Å². The molecule has 0 fully saturated rings. The number of carbonyl (C=O) groups excluding carboxylic acids is 1. The average molecular weight is 462 g/mol. The van der Waals surface area contributed by atoms with Crippen molar-refractivity contribution in [3.63, 3.8) is 0 Å². The second kappa shape index (κ2) is 8.38. The van der Waals surface area contributed by atoms with Gasteiger partial charge in [0.2, 0.25) is 16.0 Å². The predicted molar refractivity (Wildman–Crippen MR) is 118 cm³/mol. The monoisotopic (exact) mass is 461 g/mol. The number of aliphatic imine (C=N–C) groups is 1. The standard InChI is InChI=1S/C21H24FN5O4S/c1-27-20(23)26-21(13-32(27,29)30)8-2-3-14-4-5-15(11-17(14)21)25-19(28)18-7-6-16(12-24-18)31-10-9-22/h4-7,11-12H,2-3,8-10,13H2,1H3,(H2,23,26)(H,25,28)/t21-/m0/s1. The number of anilines is 1. The third-order valence-corrected chi connectivity index (χ3v) is 7.57. The van der Waals surface area contributed by atoms with Crippen molar-refractivity contribution in [2.45, 2.75) is 24.8 Å². The van der Waals surface area contributed by atoms with E-state index in [1.807, 2.05) is 6.07 Å². The number of aryl methyl sites for hydroxylation is 1. The Bertz CT molecular complexity index is 1170. The van der Waals surface area contributed by atoms with Crippen molar-refractivity contribution in [3.8, 4) is 5.75 Å². The molecule has 0 saturated carbocycles. The molecule has 2 aliphatic rings. The van der Waals surface area contributed by atoms with Gasteiger partial charge >= 0.3 is 0 Å². The number of guanidine groups is 1. The summed E-state index contributed by atoms with van der Waals surface area (Å²) in [7, 11) is -2.22. The second-order valence-corrected chi connectivity index (χ2v) is 9.82. The summed E-state index contributed by atoms with van der Waals surface area (Å²) in [5.41, 5.74) is 7.37. The van der Waals surface area contributed by atoms with Crippen LogP contribution in [-0.4, -0.2) is 55.7 Å². The molecule has 2 heterocycles. The van der Waals surface area contributed by atoms with E-state index in [0.29, 0.717) is 17.9 Å². The number of sulfonamides is 1. The normalized spacial score (nSPS) is 21.6. The van der Waals surface area contributed by atoms with Gasteiger partial charge in [-0.2, -0.15) is 0 Å². The highest BCUT2D eigenvalue weighted by Gasteiger charge is 2.45. The second-order valence-electron chi connectivity index (χ2n) is 7.82. The van der Waals surface area contributed by atoms with E-state index in [-0.39, 0.29) is 24.0 Å². The molecule has 32 heavy (non-hydrogen) atoms. The van der Waals surface area contributed by atoms with Crippen LogP contribution in [0.15, 0.2) is 41.5 Å². The summed E-state index contributed by atoms with van der Waals surface area (Å²) in [6.07, 6.45) is 3.48. The van der Waals surface area contributed by atoms with Crippen molar-refractivity contribution < 1.29 is 22.3 Å². The number of aromatic nitrogens is 1. The minimum absolute atomic E-state index is 0.0437. The number of nitrogens with two attached hydrogens (primary N) is 1. The van der Waals surface area contributed by atoms with Gasteiger partial charge in [0.05, 0.1) is 11.9 Å². The van der Waals surface area contributed by atoms with Gasteiger partial charge in [-0.15, -0.1) is 0 Å². The molecule has 1 aromatic carbocycles. The molecule has 1 amide bonds. The molecule has 4 rings (SSSR count). The van der Waals surface area contributed by atoms with Crippen molar-refractivity contribution in [2.24, 2.45) is 10.7 Å². The third kappa shape index (κ3) is 4.12. The van der Waals surface area contributed by atoms with Gasteiger partial charge < -0.3 is 15.8 Å². The summed E-state index contributed by atoms with van der Waals surface area (Å²) in [5, 5.41) is 2.79. The Hall–Kier alpha value is -3.21. The highest BCUT2D eigenvalue weighted by molar-refractivity contribution is 7.89. The van der Waals surface area contributed by atoms with Gasteiger partial charge in [-0.05, 0) is 54.7 Å². The van der Waals surface area contributed by atoms with Crippen LogP contribution in [0.3, 0.4) is 0 Å². The molecule has 0 unspecified atom stereocenters. The van der Waals surface area contributed by atoms with Crippen LogP contribution in [0.2, 0.25) is 0 Å². The molecule has 9 nitrogen and oxygen atoms in total. The first-order valence-corrected chi connectivity index (χ1v) is 11.8. The zero-order valence-electron chi connectivity index (χ0n) is 17.5. The largest absolute Gasteiger partial charge is 0.489 e. The molecule has 1 spiro atoms. The van der Waals surface area contributed by atoms with E-state index in [0.717, 1.165) is 28.3 Å². The number of amides is 1. The van der Waals surface area contributed by atoms with E-state index in [9.17, 15) is 17.6 Å². The van der Waals surface area contributed by atoms with Crippen LogP contribution < -0.4 is 15.8 Å². The van der Waals surface area contributed by atoms with Crippen LogP contribution in [0.1, 0.15) is 34.5 Å². The quantitative estimate of drug-likeness (QED) is 0.699. The maximum Gasteiger partial charge on any atom is 0.274 e. The first-order chi connectivity index (χ1) is 15.2. The summed E-state index contributed by atoms with van der Waals surface area (Å²) in [4.78, 5) is 21.3. The predicted octanol–water partition coefficient (Wildman–Crippen LogP) is 1.80. The first-order valence-electron chi connectivity index (χ1n) is 10.2. The summed E-state index contributed by atoms with van der Waals surface area (Å²) in [6.45, 7) is -0.696. The summed E-state index contributed by atoms with van der Waals surface area (Å²) >= 11 is 0. The number of benzene rings is 1. The number of hydrogen-bond acceptors (Lipinski definition) is 7. The van der Waals surface area contributed by atoms with Crippen LogP contribution in [0.25, 0.3) is 0 Å². The fourth-order valence-corrected chi connectivity index (χ4v) is 5.58. The molecule has 0 saturated heterocycles. The van der Waals surface area contributed by atoms with E-state index < -0.39 is 28.1 Å². The molecule has 1 atom stereocenters. The van der Waals surface area contributed by atoms with Crippen molar-refractivity contribution in [3.05, 3.63) is 53.3 Å². The van der Waals surface area contributed by atoms with Gasteiger partial charge in [-0.25, -0.2) is 27.1 Å². The molecule has 170 valence electrons. The molecule has 11 heteroatoms. The number of fused-ring (bicyclic) bond motifs is 2. The number of halogens is 1. The minimum atomic E-state index is -3.61. The Morgan fingerprint density at radius 1 is 1.34 bits per heavy atom. The number of nitrogens with one attached hydrogen (secondary N) is 1. The molecule has 2 aromatic rings. The topological polar surface area (TPSA) is 127 Å². The zero-order chi connectivity index (χ0) is 22.9. The lowest BCUT2D eigenvalue weighted by molar-refractivity contribution is 0.102. The molecular formula is C21H24FN5O4S. The van der Waals surface area contributed by atoms with Gasteiger partial charge in [0.25, 0.3) is 5.91 Å². The molecular weight excluding hydrogens is 437 g/mol. The van der Waals surface area contributed by atoms with Gasteiger partial charge in [0, 0.05) is 12.7 Å². The van der Waals surface area contributed by atoms with Gasteiger partial charge in [0.15, 0.2) is 0 Å². The number of hydrogen-bond donors (Lipinski definition) is 2.